The predicted octanol–water partition coefficient (Wildman–Crippen LogP) is 2.68. The monoisotopic (exact) mass is 407 g/mol. The number of hydrogen-bond acceptors (Lipinski definition) is 3. The molecule has 1 atom stereocenters. The van der Waals surface area contributed by atoms with Crippen LogP contribution in [0.5, 0.6) is 0 Å². The van der Waals surface area contributed by atoms with E-state index in [0.29, 0.717) is 24.6 Å². The first-order valence-corrected chi connectivity index (χ1v) is 10.4. The number of likely N-dealkylation sites (N-methyl/N-ethyl adjacent to an activating group) is 1. The number of carbonyl (C=O) groups excluding carboxylic acids is 2. The van der Waals surface area contributed by atoms with Gasteiger partial charge in [-0.2, -0.15) is 0 Å². The summed E-state index contributed by atoms with van der Waals surface area (Å²) in [6, 6.07) is 14.7. The number of aliphatic hydroxyl groups is 1. The number of quaternary nitrogens is 1. The Morgan fingerprint density at radius 3 is 2.17 bits per heavy atom. The maximum Gasteiger partial charge on any atom is 0.295 e. The molecule has 0 unspecified atom stereocenters. The van der Waals surface area contributed by atoms with Gasteiger partial charge >= 0.3 is 0 Å². The van der Waals surface area contributed by atoms with Crippen LogP contribution in [0.4, 0.5) is 0 Å². The molecule has 2 aromatic rings. The lowest BCUT2D eigenvalue weighted by Gasteiger charge is -2.26. The maximum atomic E-state index is 13.0. The second-order valence-electron chi connectivity index (χ2n) is 8.64. The second kappa shape index (κ2) is 8.84. The zero-order valence-electron chi connectivity index (χ0n) is 18.4. The highest BCUT2D eigenvalue weighted by molar-refractivity contribution is 6.46. The first-order valence-electron chi connectivity index (χ1n) is 10.4. The van der Waals surface area contributed by atoms with Crippen molar-refractivity contribution in [3.05, 3.63) is 76.4 Å². The Morgan fingerprint density at radius 2 is 1.63 bits per heavy atom. The van der Waals surface area contributed by atoms with E-state index < -0.39 is 17.7 Å². The van der Waals surface area contributed by atoms with Crippen molar-refractivity contribution in [3.63, 3.8) is 0 Å². The third-order valence-electron chi connectivity index (χ3n) is 5.64. The molecule has 2 N–H and O–H groups in total. The van der Waals surface area contributed by atoms with E-state index in [4.69, 9.17) is 0 Å². The third-order valence-corrected chi connectivity index (χ3v) is 5.64. The van der Waals surface area contributed by atoms with Crippen LogP contribution in [0.2, 0.25) is 0 Å². The molecule has 1 fully saturated rings. The molecule has 5 heteroatoms. The lowest BCUT2D eigenvalue weighted by atomic mass is 9.93. The Hall–Kier alpha value is -2.92. The number of amides is 1. The summed E-state index contributed by atoms with van der Waals surface area (Å²) in [6.45, 7) is 7.35. The molecule has 1 aliphatic rings. The molecule has 0 saturated carbocycles. The number of aliphatic hydroxyl groups excluding tert-OH is 1. The number of likely N-dealkylation sites (tertiary alicyclic amines) is 1. The zero-order valence-corrected chi connectivity index (χ0v) is 18.4. The molecule has 3 rings (SSSR count). The van der Waals surface area contributed by atoms with Gasteiger partial charge in [-0.25, -0.2) is 0 Å². The van der Waals surface area contributed by atoms with Crippen molar-refractivity contribution in [2.75, 3.05) is 27.2 Å². The highest BCUT2D eigenvalue weighted by Crippen LogP contribution is 2.39. The van der Waals surface area contributed by atoms with Gasteiger partial charge in [0, 0.05) is 5.56 Å². The number of nitrogens with zero attached hydrogens (tertiary/aromatic N) is 1. The first kappa shape index (κ1) is 21.8. The SMILES string of the molecule is Cc1ccc(C(O)=C2C(=O)C(=O)N(CC[NH+](C)C)[C@H]2c2ccc(C(C)C)cc2)cc1. The predicted molar refractivity (Wildman–Crippen MR) is 118 cm³/mol. The number of nitrogens with one attached hydrogen (secondary N) is 1. The van der Waals surface area contributed by atoms with Gasteiger partial charge in [0.05, 0.1) is 38.8 Å². The zero-order chi connectivity index (χ0) is 22.0. The first-order chi connectivity index (χ1) is 14.2. The van der Waals surface area contributed by atoms with E-state index in [-0.39, 0.29) is 11.3 Å². The van der Waals surface area contributed by atoms with Crippen LogP contribution in [0.15, 0.2) is 54.1 Å². The van der Waals surface area contributed by atoms with Crippen molar-refractivity contribution >= 4 is 17.4 Å². The summed E-state index contributed by atoms with van der Waals surface area (Å²) >= 11 is 0. The summed E-state index contributed by atoms with van der Waals surface area (Å²) in [4.78, 5) is 28.7. The van der Waals surface area contributed by atoms with Gasteiger partial charge in [-0.15, -0.1) is 0 Å². The van der Waals surface area contributed by atoms with Gasteiger partial charge in [0.1, 0.15) is 5.76 Å². The van der Waals surface area contributed by atoms with Crippen molar-refractivity contribution in [2.45, 2.75) is 32.7 Å². The summed E-state index contributed by atoms with van der Waals surface area (Å²) in [6.07, 6.45) is 0. The molecule has 1 saturated heterocycles. The number of aryl methyl sites for hydroxylation is 1. The Labute approximate surface area is 178 Å². The van der Waals surface area contributed by atoms with Gasteiger partial charge in [-0.05, 0) is 24.0 Å². The van der Waals surface area contributed by atoms with Crippen LogP contribution in [-0.4, -0.2) is 48.9 Å². The average molecular weight is 408 g/mol. The molecular formula is C25H31N2O3+. The van der Waals surface area contributed by atoms with Crippen molar-refractivity contribution in [2.24, 2.45) is 0 Å². The molecule has 158 valence electrons. The summed E-state index contributed by atoms with van der Waals surface area (Å²) in [5, 5.41) is 11.0. The summed E-state index contributed by atoms with van der Waals surface area (Å²) in [5.41, 5.74) is 3.78. The molecule has 2 aromatic carbocycles. The van der Waals surface area contributed by atoms with Gasteiger partial charge in [0.15, 0.2) is 0 Å². The van der Waals surface area contributed by atoms with Crippen LogP contribution in [-0.2, 0) is 9.59 Å². The number of rotatable bonds is 6. The summed E-state index contributed by atoms with van der Waals surface area (Å²) < 4.78 is 0. The highest BCUT2D eigenvalue weighted by atomic mass is 16.3. The molecule has 1 amide bonds. The topological polar surface area (TPSA) is 62.0 Å². The van der Waals surface area contributed by atoms with E-state index in [9.17, 15) is 14.7 Å². The lowest BCUT2D eigenvalue weighted by Crippen LogP contribution is -3.06. The molecule has 0 spiro atoms. The van der Waals surface area contributed by atoms with Gasteiger partial charge in [0.2, 0.25) is 0 Å². The van der Waals surface area contributed by atoms with E-state index >= 15 is 0 Å². The third kappa shape index (κ3) is 4.31. The summed E-state index contributed by atoms with van der Waals surface area (Å²) in [7, 11) is 4.02. The highest BCUT2D eigenvalue weighted by Gasteiger charge is 2.46. The second-order valence-corrected chi connectivity index (χ2v) is 8.64. The molecule has 1 aliphatic heterocycles. The Kier molecular flexibility index (Phi) is 6.42. The maximum absolute atomic E-state index is 13.0. The number of carbonyl (C=O) groups is 2. The van der Waals surface area contributed by atoms with E-state index in [0.717, 1.165) is 11.1 Å². The molecule has 0 radical (unpaired) electrons. The lowest BCUT2D eigenvalue weighted by molar-refractivity contribution is -0.857. The molecule has 0 bridgehead atoms. The molecule has 0 aromatic heterocycles. The number of hydrogen-bond donors (Lipinski definition) is 2. The number of ketones is 1. The van der Waals surface area contributed by atoms with Crippen LogP contribution >= 0.6 is 0 Å². The number of benzene rings is 2. The summed E-state index contributed by atoms with van der Waals surface area (Å²) in [5.74, 6) is -0.913. The molecule has 30 heavy (non-hydrogen) atoms. The van der Waals surface area contributed by atoms with Crippen LogP contribution in [0.3, 0.4) is 0 Å². The van der Waals surface area contributed by atoms with E-state index in [1.165, 1.54) is 10.5 Å². The van der Waals surface area contributed by atoms with Gasteiger partial charge in [0.25, 0.3) is 11.7 Å². The molecule has 0 aliphatic carbocycles. The fourth-order valence-electron chi connectivity index (χ4n) is 3.73. The quantitative estimate of drug-likeness (QED) is 0.440. The average Bonchev–Trinajstić information content (AvgIpc) is 2.97. The fourth-order valence-corrected chi connectivity index (χ4v) is 3.73. The van der Waals surface area contributed by atoms with Crippen LogP contribution in [0, 0.1) is 6.92 Å². The molecular weight excluding hydrogens is 376 g/mol. The van der Waals surface area contributed by atoms with E-state index in [1.807, 2.05) is 57.4 Å². The smallest absolute Gasteiger partial charge is 0.295 e. The van der Waals surface area contributed by atoms with Crippen LogP contribution < -0.4 is 4.90 Å². The Balaban J connectivity index is 2.12. The Bertz CT molecular complexity index is 957. The molecule has 1 heterocycles. The van der Waals surface area contributed by atoms with Gasteiger partial charge in [-0.3, -0.25) is 9.59 Å². The van der Waals surface area contributed by atoms with Gasteiger partial charge in [-0.1, -0.05) is 67.9 Å². The normalized spacial score (nSPS) is 18.6. The Morgan fingerprint density at radius 1 is 1.03 bits per heavy atom. The van der Waals surface area contributed by atoms with E-state index in [2.05, 4.69) is 13.8 Å². The standard InChI is InChI=1S/C25H30N2O3/c1-16(2)18-10-12-19(13-11-18)22-21(23(28)20-8-6-17(3)7-9-20)24(29)25(30)27(22)15-14-26(4)5/h6-13,16,22,28H,14-15H2,1-5H3/p+1/t22-/m0/s1. The number of Topliss-reactive ketones (excluding diaryl/α,β-unsaturated/α-hetero) is 1. The van der Waals surface area contributed by atoms with Crippen molar-refractivity contribution < 1.29 is 19.6 Å². The van der Waals surface area contributed by atoms with Gasteiger partial charge < -0.3 is 14.9 Å². The minimum atomic E-state index is -0.625. The minimum Gasteiger partial charge on any atom is -0.507 e. The largest absolute Gasteiger partial charge is 0.507 e. The van der Waals surface area contributed by atoms with Crippen molar-refractivity contribution in [1.82, 2.24) is 4.90 Å². The fraction of sp³-hybridized carbons (Fsp3) is 0.360. The van der Waals surface area contributed by atoms with Crippen molar-refractivity contribution in [1.29, 1.82) is 0 Å². The van der Waals surface area contributed by atoms with Crippen LogP contribution in [0.25, 0.3) is 5.76 Å². The molecule has 5 nitrogen and oxygen atoms in total. The van der Waals surface area contributed by atoms with Crippen molar-refractivity contribution in [3.8, 4) is 0 Å². The minimum absolute atomic E-state index is 0.119. The van der Waals surface area contributed by atoms with E-state index in [1.54, 1.807) is 17.0 Å². The van der Waals surface area contributed by atoms with Crippen LogP contribution in [0.1, 0.15) is 48.1 Å².